The van der Waals surface area contributed by atoms with Crippen molar-refractivity contribution in [2.75, 3.05) is 14.2 Å². The molecule has 1 aromatic carbocycles. The Morgan fingerprint density at radius 2 is 2.15 bits per heavy atom. The van der Waals surface area contributed by atoms with E-state index in [-0.39, 0.29) is 0 Å². The molecule has 0 bridgehead atoms. The largest absolute Gasteiger partial charge is 0.493 e. The third-order valence-electron chi connectivity index (χ3n) is 2.78. The maximum absolute atomic E-state index is 5.85. The Bertz CT molecular complexity index is 561. The van der Waals surface area contributed by atoms with Gasteiger partial charge >= 0.3 is 0 Å². The Kier molecular flexibility index (Phi) is 5.38. The molecule has 5 heteroatoms. The average Bonchev–Trinajstić information content (AvgIpc) is 2.47. The predicted molar refractivity (Wildman–Crippen MR) is 82.0 cm³/mol. The number of methoxy groups -OCH3 is 1. The zero-order valence-electron chi connectivity index (χ0n) is 11.5. The van der Waals surface area contributed by atoms with Gasteiger partial charge in [0.05, 0.1) is 11.6 Å². The van der Waals surface area contributed by atoms with Crippen molar-refractivity contribution in [3.63, 3.8) is 0 Å². The highest BCUT2D eigenvalue weighted by atomic mass is 79.9. The molecule has 0 fully saturated rings. The van der Waals surface area contributed by atoms with E-state index in [1.54, 1.807) is 19.5 Å². The van der Waals surface area contributed by atoms with Crippen molar-refractivity contribution >= 4 is 15.9 Å². The van der Waals surface area contributed by atoms with Crippen molar-refractivity contribution in [3.8, 4) is 11.5 Å². The topological polar surface area (TPSA) is 43.4 Å². The van der Waals surface area contributed by atoms with Crippen LogP contribution in [0.1, 0.15) is 11.1 Å². The van der Waals surface area contributed by atoms with Gasteiger partial charge in [-0.1, -0.05) is 6.07 Å². The summed E-state index contributed by atoms with van der Waals surface area (Å²) in [4.78, 5) is 4.07. The van der Waals surface area contributed by atoms with Gasteiger partial charge in [0.1, 0.15) is 6.61 Å². The van der Waals surface area contributed by atoms with Gasteiger partial charge in [0.15, 0.2) is 11.5 Å². The molecule has 106 valence electrons. The van der Waals surface area contributed by atoms with Crippen molar-refractivity contribution in [2.24, 2.45) is 0 Å². The Labute approximate surface area is 127 Å². The minimum atomic E-state index is 0.453. The quantitative estimate of drug-likeness (QED) is 0.879. The molecule has 0 unspecified atom stereocenters. The second kappa shape index (κ2) is 7.26. The smallest absolute Gasteiger partial charge is 0.175 e. The fourth-order valence-electron chi connectivity index (χ4n) is 1.86. The fourth-order valence-corrected chi connectivity index (χ4v) is 2.46. The minimum Gasteiger partial charge on any atom is -0.493 e. The van der Waals surface area contributed by atoms with Gasteiger partial charge in [-0.2, -0.15) is 0 Å². The van der Waals surface area contributed by atoms with E-state index in [1.165, 1.54) is 0 Å². The summed E-state index contributed by atoms with van der Waals surface area (Å²) in [5.41, 5.74) is 2.14. The fraction of sp³-hybridized carbons (Fsp3) is 0.267. The molecule has 2 rings (SSSR count). The Hall–Kier alpha value is -1.59. The molecular weight excluding hydrogens is 320 g/mol. The van der Waals surface area contributed by atoms with Crippen LogP contribution in [0, 0.1) is 0 Å². The first-order chi connectivity index (χ1) is 9.74. The molecule has 4 nitrogen and oxygen atoms in total. The second-order valence-electron chi connectivity index (χ2n) is 4.29. The molecule has 2 aromatic rings. The molecule has 0 saturated carbocycles. The molecule has 20 heavy (non-hydrogen) atoms. The molecule has 0 aliphatic heterocycles. The number of benzene rings is 1. The van der Waals surface area contributed by atoms with E-state index in [0.717, 1.165) is 22.1 Å². The second-order valence-corrected chi connectivity index (χ2v) is 5.14. The summed E-state index contributed by atoms with van der Waals surface area (Å²) in [5, 5.41) is 3.11. The SMILES string of the molecule is CNCc1cc(Br)c(OCc2cccnc2)c(OC)c1. The van der Waals surface area contributed by atoms with Gasteiger partial charge in [0.25, 0.3) is 0 Å². The van der Waals surface area contributed by atoms with E-state index in [1.807, 2.05) is 31.3 Å². The summed E-state index contributed by atoms with van der Waals surface area (Å²) < 4.78 is 12.1. The van der Waals surface area contributed by atoms with Crippen LogP contribution in [-0.4, -0.2) is 19.1 Å². The molecule has 0 atom stereocenters. The van der Waals surface area contributed by atoms with Crippen molar-refractivity contribution in [3.05, 3.63) is 52.3 Å². The molecule has 1 N–H and O–H groups in total. The van der Waals surface area contributed by atoms with Gasteiger partial charge in [-0.05, 0) is 46.7 Å². The van der Waals surface area contributed by atoms with Gasteiger partial charge in [-0.3, -0.25) is 4.98 Å². The van der Waals surface area contributed by atoms with Crippen LogP contribution in [0.3, 0.4) is 0 Å². The van der Waals surface area contributed by atoms with E-state index in [0.29, 0.717) is 18.1 Å². The number of aromatic nitrogens is 1. The molecule has 0 radical (unpaired) electrons. The van der Waals surface area contributed by atoms with Crippen LogP contribution >= 0.6 is 15.9 Å². The van der Waals surface area contributed by atoms with E-state index in [9.17, 15) is 0 Å². The van der Waals surface area contributed by atoms with Crippen LogP contribution in [0.25, 0.3) is 0 Å². The lowest BCUT2D eigenvalue weighted by Crippen LogP contribution is -2.06. The van der Waals surface area contributed by atoms with Crippen LogP contribution in [-0.2, 0) is 13.2 Å². The zero-order chi connectivity index (χ0) is 14.4. The molecule has 0 amide bonds. The maximum Gasteiger partial charge on any atom is 0.175 e. The summed E-state index contributed by atoms with van der Waals surface area (Å²) in [5.74, 6) is 1.42. The van der Waals surface area contributed by atoms with Gasteiger partial charge in [-0.15, -0.1) is 0 Å². The summed E-state index contributed by atoms with van der Waals surface area (Å²) in [6.45, 7) is 1.23. The summed E-state index contributed by atoms with van der Waals surface area (Å²) in [6.07, 6.45) is 3.53. The van der Waals surface area contributed by atoms with Crippen LogP contribution < -0.4 is 14.8 Å². The molecule has 0 saturated heterocycles. The first-order valence-corrected chi connectivity index (χ1v) is 7.06. The van der Waals surface area contributed by atoms with Gasteiger partial charge < -0.3 is 14.8 Å². The monoisotopic (exact) mass is 336 g/mol. The standard InChI is InChI=1S/C15H17BrN2O2/c1-17-8-12-6-13(16)15(14(7-12)19-2)20-10-11-4-3-5-18-9-11/h3-7,9,17H,8,10H2,1-2H3. The number of pyridine rings is 1. The molecule has 1 aromatic heterocycles. The van der Waals surface area contributed by atoms with Crippen molar-refractivity contribution in [2.45, 2.75) is 13.2 Å². The van der Waals surface area contributed by atoms with E-state index in [2.05, 4.69) is 26.2 Å². The highest BCUT2D eigenvalue weighted by Crippen LogP contribution is 2.37. The first kappa shape index (κ1) is 14.8. The highest BCUT2D eigenvalue weighted by Gasteiger charge is 2.11. The Balaban J connectivity index is 2.18. The van der Waals surface area contributed by atoms with Crippen molar-refractivity contribution < 1.29 is 9.47 Å². The Morgan fingerprint density at radius 3 is 2.80 bits per heavy atom. The van der Waals surface area contributed by atoms with Crippen molar-refractivity contribution in [1.82, 2.24) is 10.3 Å². The van der Waals surface area contributed by atoms with Crippen molar-refractivity contribution in [1.29, 1.82) is 0 Å². The molecular formula is C15H17BrN2O2. The molecule has 0 aliphatic carbocycles. The lowest BCUT2D eigenvalue weighted by atomic mass is 10.2. The summed E-state index contributed by atoms with van der Waals surface area (Å²) in [6, 6.07) is 7.86. The highest BCUT2D eigenvalue weighted by molar-refractivity contribution is 9.10. The van der Waals surface area contributed by atoms with E-state index < -0.39 is 0 Å². The molecule has 1 heterocycles. The normalized spacial score (nSPS) is 10.3. The van der Waals surface area contributed by atoms with Crippen LogP contribution in [0.2, 0.25) is 0 Å². The number of hydrogen-bond donors (Lipinski definition) is 1. The van der Waals surface area contributed by atoms with E-state index >= 15 is 0 Å². The Morgan fingerprint density at radius 1 is 1.30 bits per heavy atom. The number of ether oxygens (including phenoxy) is 2. The third kappa shape index (κ3) is 3.71. The molecule has 0 aliphatic rings. The number of nitrogens with one attached hydrogen (secondary N) is 1. The number of nitrogens with zero attached hydrogens (tertiary/aromatic N) is 1. The molecule has 0 spiro atoms. The number of rotatable bonds is 6. The van der Waals surface area contributed by atoms with Gasteiger partial charge in [0.2, 0.25) is 0 Å². The van der Waals surface area contributed by atoms with Crippen LogP contribution in [0.5, 0.6) is 11.5 Å². The lowest BCUT2D eigenvalue weighted by molar-refractivity contribution is 0.282. The number of halogens is 1. The lowest BCUT2D eigenvalue weighted by Gasteiger charge is -2.14. The summed E-state index contributed by atoms with van der Waals surface area (Å²) in [7, 11) is 3.55. The van der Waals surface area contributed by atoms with Crippen LogP contribution in [0.15, 0.2) is 41.1 Å². The van der Waals surface area contributed by atoms with Gasteiger partial charge in [-0.25, -0.2) is 0 Å². The van der Waals surface area contributed by atoms with Crippen LogP contribution in [0.4, 0.5) is 0 Å². The predicted octanol–water partition coefficient (Wildman–Crippen LogP) is 3.15. The maximum atomic E-state index is 5.85. The minimum absolute atomic E-state index is 0.453. The summed E-state index contributed by atoms with van der Waals surface area (Å²) >= 11 is 3.53. The third-order valence-corrected chi connectivity index (χ3v) is 3.37. The zero-order valence-corrected chi connectivity index (χ0v) is 13.1. The number of hydrogen-bond acceptors (Lipinski definition) is 4. The average molecular weight is 337 g/mol. The van der Waals surface area contributed by atoms with Gasteiger partial charge in [0, 0.05) is 24.5 Å². The van der Waals surface area contributed by atoms with E-state index in [4.69, 9.17) is 9.47 Å². The first-order valence-electron chi connectivity index (χ1n) is 6.27.